The van der Waals surface area contributed by atoms with Crippen molar-refractivity contribution in [3.8, 4) is 0 Å². The molecule has 0 aliphatic carbocycles. The minimum absolute atomic E-state index is 0.840. The fourth-order valence-electron chi connectivity index (χ4n) is 0.736. The van der Waals surface area contributed by atoms with E-state index in [-0.39, 0.29) is 0 Å². The quantitative estimate of drug-likeness (QED) is 0.574. The van der Waals surface area contributed by atoms with Crippen LogP contribution in [0.15, 0.2) is 0 Å². The fraction of sp³-hybridized carbons (Fsp3) is 0.500. The highest BCUT2D eigenvalue weighted by Crippen LogP contribution is 2.17. The lowest BCUT2D eigenvalue weighted by Crippen LogP contribution is -1.92. The lowest BCUT2D eigenvalue weighted by atomic mass is 10.4. The highest BCUT2D eigenvalue weighted by Gasteiger charge is 2.07. The van der Waals surface area contributed by atoms with Gasteiger partial charge in [-0.2, -0.15) is 5.10 Å². The van der Waals surface area contributed by atoms with E-state index in [0.29, 0.717) is 0 Å². The molecule has 0 unspecified atom stereocenters. The van der Waals surface area contributed by atoms with Gasteiger partial charge >= 0.3 is 0 Å². The van der Waals surface area contributed by atoms with Gasteiger partial charge in [0.05, 0.1) is 9.26 Å². The van der Waals surface area contributed by atoms with E-state index in [1.165, 1.54) is 9.26 Å². The fourth-order valence-corrected chi connectivity index (χ4v) is 2.30. The zero-order valence-electron chi connectivity index (χ0n) is 5.86. The number of halogens is 2. The Labute approximate surface area is 82.3 Å². The van der Waals surface area contributed by atoms with Crippen LogP contribution < -0.4 is 0 Å². The van der Waals surface area contributed by atoms with Gasteiger partial charge in [-0.15, -0.1) is 0 Å². The van der Waals surface area contributed by atoms with Crippen molar-refractivity contribution >= 4 is 38.5 Å². The van der Waals surface area contributed by atoms with Crippen molar-refractivity contribution in [1.82, 2.24) is 9.78 Å². The Balaban J connectivity index is 3.17. The Morgan fingerprint density at radius 3 is 2.50 bits per heavy atom. The first-order valence-electron chi connectivity index (χ1n) is 2.90. The van der Waals surface area contributed by atoms with Gasteiger partial charge in [0, 0.05) is 18.1 Å². The second-order valence-corrected chi connectivity index (χ2v) is 3.74. The molecule has 1 aromatic rings. The highest BCUT2D eigenvalue weighted by atomic mass is 127. The van der Waals surface area contributed by atoms with Crippen LogP contribution in [0.25, 0.3) is 0 Å². The smallest absolute Gasteiger partial charge is 0.0866 e. The average Bonchev–Trinajstić information content (AvgIpc) is 2.17. The molecule has 0 saturated heterocycles. The maximum atomic E-state index is 4.29. The van der Waals surface area contributed by atoms with Crippen LogP contribution in [-0.4, -0.2) is 9.78 Å². The molecule has 0 bridgehead atoms. The van der Waals surface area contributed by atoms with Crippen molar-refractivity contribution in [2.45, 2.75) is 12.3 Å². The summed E-state index contributed by atoms with van der Waals surface area (Å²) in [6, 6.07) is 0. The number of alkyl halides is 1. The third kappa shape index (κ3) is 1.37. The number of rotatable bonds is 1. The van der Waals surface area contributed by atoms with Crippen molar-refractivity contribution in [2.24, 2.45) is 7.05 Å². The standard InChI is InChI=1S/C6H8BrIN2/c1-4-6(8)5(3-7)9-10(4)2/h3H2,1-2H3. The van der Waals surface area contributed by atoms with Crippen molar-refractivity contribution in [2.75, 3.05) is 0 Å². The molecule has 10 heavy (non-hydrogen) atoms. The van der Waals surface area contributed by atoms with Crippen LogP contribution in [0, 0.1) is 10.5 Å². The van der Waals surface area contributed by atoms with Gasteiger partial charge in [0.25, 0.3) is 0 Å². The minimum atomic E-state index is 0.840. The summed E-state index contributed by atoms with van der Waals surface area (Å²) in [6.07, 6.45) is 0. The Bertz CT molecular complexity index is 244. The topological polar surface area (TPSA) is 17.8 Å². The van der Waals surface area contributed by atoms with Crippen LogP contribution in [0.4, 0.5) is 0 Å². The van der Waals surface area contributed by atoms with E-state index in [4.69, 9.17) is 0 Å². The number of hydrogen-bond acceptors (Lipinski definition) is 1. The first-order valence-corrected chi connectivity index (χ1v) is 5.10. The van der Waals surface area contributed by atoms with Gasteiger partial charge in [0.1, 0.15) is 0 Å². The predicted molar refractivity (Wildman–Crippen MR) is 53.3 cm³/mol. The second-order valence-electron chi connectivity index (χ2n) is 2.10. The maximum absolute atomic E-state index is 4.29. The molecule has 0 spiro atoms. The highest BCUT2D eigenvalue weighted by molar-refractivity contribution is 14.1. The summed E-state index contributed by atoms with van der Waals surface area (Å²) in [5.41, 5.74) is 2.36. The molecule has 2 nitrogen and oxygen atoms in total. The molecule has 0 fully saturated rings. The van der Waals surface area contributed by atoms with Crippen LogP contribution in [0.3, 0.4) is 0 Å². The summed E-state index contributed by atoms with van der Waals surface area (Å²) in [7, 11) is 1.96. The second kappa shape index (κ2) is 3.21. The molecule has 56 valence electrons. The van der Waals surface area contributed by atoms with Gasteiger partial charge in [0.2, 0.25) is 0 Å². The molecule has 0 atom stereocenters. The van der Waals surface area contributed by atoms with Gasteiger partial charge in [-0.05, 0) is 29.5 Å². The van der Waals surface area contributed by atoms with Crippen molar-refractivity contribution in [3.63, 3.8) is 0 Å². The summed E-state index contributed by atoms with van der Waals surface area (Å²) in [5.74, 6) is 0. The molecular formula is C6H8BrIN2. The van der Waals surface area contributed by atoms with E-state index in [9.17, 15) is 0 Å². The molecule has 4 heteroatoms. The monoisotopic (exact) mass is 314 g/mol. The van der Waals surface area contributed by atoms with Gasteiger partial charge in [-0.3, -0.25) is 4.68 Å². The van der Waals surface area contributed by atoms with E-state index in [0.717, 1.165) is 11.0 Å². The summed E-state index contributed by atoms with van der Waals surface area (Å²) in [5, 5.41) is 5.13. The van der Waals surface area contributed by atoms with E-state index in [2.05, 4.69) is 50.5 Å². The van der Waals surface area contributed by atoms with Crippen LogP contribution in [-0.2, 0) is 12.4 Å². The molecule has 0 aliphatic heterocycles. The first-order chi connectivity index (χ1) is 4.66. The van der Waals surface area contributed by atoms with Crippen LogP contribution in [0.2, 0.25) is 0 Å². The van der Waals surface area contributed by atoms with Crippen molar-refractivity contribution < 1.29 is 0 Å². The number of nitrogens with zero attached hydrogens (tertiary/aromatic N) is 2. The number of aryl methyl sites for hydroxylation is 1. The molecule has 1 rings (SSSR count). The molecule has 1 aromatic heterocycles. The SMILES string of the molecule is Cc1c(I)c(CBr)nn1C. The zero-order chi connectivity index (χ0) is 7.72. The average molecular weight is 315 g/mol. The molecule has 0 radical (unpaired) electrons. The normalized spacial score (nSPS) is 10.4. The lowest BCUT2D eigenvalue weighted by molar-refractivity contribution is 0.730. The molecule has 0 aliphatic rings. The Morgan fingerprint density at radius 2 is 2.30 bits per heavy atom. The largest absolute Gasteiger partial charge is 0.272 e. The van der Waals surface area contributed by atoms with Crippen molar-refractivity contribution in [3.05, 3.63) is 15.0 Å². The van der Waals surface area contributed by atoms with E-state index in [1.54, 1.807) is 0 Å². The molecule has 0 amide bonds. The van der Waals surface area contributed by atoms with Crippen LogP contribution >= 0.6 is 38.5 Å². The molecule has 1 heterocycles. The molecule has 0 aromatic carbocycles. The van der Waals surface area contributed by atoms with Gasteiger partial charge in [-0.1, -0.05) is 15.9 Å². The Hall–Kier alpha value is 0.420. The Kier molecular flexibility index (Phi) is 2.74. The zero-order valence-corrected chi connectivity index (χ0v) is 9.60. The van der Waals surface area contributed by atoms with E-state index >= 15 is 0 Å². The van der Waals surface area contributed by atoms with Crippen molar-refractivity contribution in [1.29, 1.82) is 0 Å². The minimum Gasteiger partial charge on any atom is -0.272 e. The third-order valence-corrected chi connectivity index (χ3v) is 3.39. The van der Waals surface area contributed by atoms with E-state index < -0.39 is 0 Å². The van der Waals surface area contributed by atoms with Crippen LogP contribution in [0.5, 0.6) is 0 Å². The Morgan fingerprint density at radius 1 is 1.70 bits per heavy atom. The van der Waals surface area contributed by atoms with E-state index in [1.807, 2.05) is 11.7 Å². The van der Waals surface area contributed by atoms with Gasteiger partial charge in [-0.25, -0.2) is 0 Å². The summed E-state index contributed by atoms with van der Waals surface area (Å²) in [4.78, 5) is 0. The molecule has 0 N–H and O–H groups in total. The maximum Gasteiger partial charge on any atom is 0.0866 e. The molecule has 0 saturated carbocycles. The lowest BCUT2D eigenvalue weighted by Gasteiger charge is -1.89. The number of hydrogen-bond donors (Lipinski definition) is 0. The van der Waals surface area contributed by atoms with Crippen LogP contribution in [0.1, 0.15) is 11.4 Å². The summed E-state index contributed by atoms with van der Waals surface area (Å²) in [6.45, 7) is 2.07. The summed E-state index contributed by atoms with van der Waals surface area (Å²) >= 11 is 5.69. The van der Waals surface area contributed by atoms with Gasteiger partial charge < -0.3 is 0 Å². The third-order valence-electron chi connectivity index (χ3n) is 1.45. The summed E-state index contributed by atoms with van der Waals surface area (Å²) < 4.78 is 3.16. The number of aromatic nitrogens is 2. The predicted octanol–water partition coefficient (Wildman–Crippen LogP) is 2.23. The first kappa shape index (κ1) is 8.52. The molecular weight excluding hydrogens is 307 g/mol. The van der Waals surface area contributed by atoms with Gasteiger partial charge in [0.15, 0.2) is 0 Å².